The molecular formula is C19H26F2N4O3. The molecule has 1 aliphatic carbocycles. The number of amides is 4. The molecule has 0 radical (unpaired) electrons. The van der Waals surface area contributed by atoms with Gasteiger partial charge in [-0.2, -0.15) is 0 Å². The van der Waals surface area contributed by atoms with Crippen LogP contribution in [-0.2, 0) is 9.59 Å². The van der Waals surface area contributed by atoms with E-state index in [0.717, 1.165) is 6.07 Å². The third kappa shape index (κ3) is 7.89. The first-order valence-corrected chi connectivity index (χ1v) is 9.43. The topological polar surface area (TPSA) is 95.7 Å². The number of rotatable bonds is 5. The minimum Gasteiger partial charge on any atom is -0.368 e. The normalized spacial score (nSPS) is 15.4. The molecule has 0 aromatic heterocycles. The maximum absolute atomic E-state index is 13.3. The number of piperazine rings is 1. The molecule has 7 nitrogen and oxygen atoms in total. The SMILES string of the molecule is C1CC1.NC(=O)NC(=O)CCCC(=O)N1CCN(c2cc(F)cc(F)c2)CC1. The molecule has 1 saturated heterocycles. The van der Waals surface area contributed by atoms with E-state index < -0.39 is 23.6 Å². The number of hydrogen-bond donors (Lipinski definition) is 2. The van der Waals surface area contributed by atoms with Crippen LogP contribution in [0.2, 0.25) is 0 Å². The Hall–Kier alpha value is -2.71. The predicted molar refractivity (Wildman–Crippen MR) is 101 cm³/mol. The van der Waals surface area contributed by atoms with Gasteiger partial charge in [-0.25, -0.2) is 13.6 Å². The standard InChI is InChI=1S/C16H20F2N4O3.C3H6/c17-11-8-12(18)10-13(9-11)21-4-6-22(7-5-21)15(24)3-1-2-14(23)20-16(19)25;1-2-3-1/h8-10H,1-7H2,(H3,19,20,23,25);1-3H2. The number of benzene rings is 1. The quantitative estimate of drug-likeness (QED) is 0.797. The van der Waals surface area contributed by atoms with Crippen molar-refractivity contribution in [1.82, 2.24) is 10.2 Å². The number of imide groups is 1. The molecule has 154 valence electrons. The largest absolute Gasteiger partial charge is 0.368 e. The van der Waals surface area contributed by atoms with Gasteiger partial charge >= 0.3 is 6.03 Å². The Kier molecular flexibility index (Phi) is 8.16. The van der Waals surface area contributed by atoms with Gasteiger partial charge in [0.25, 0.3) is 0 Å². The second-order valence-corrected chi connectivity index (χ2v) is 6.82. The third-order valence-electron chi connectivity index (χ3n) is 4.26. The van der Waals surface area contributed by atoms with E-state index in [9.17, 15) is 23.2 Å². The second-order valence-electron chi connectivity index (χ2n) is 6.82. The van der Waals surface area contributed by atoms with Gasteiger partial charge < -0.3 is 15.5 Å². The van der Waals surface area contributed by atoms with E-state index in [2.05, 4.69) is 0 Å². The van der Waals surface area contributed by atoms with Crippen LogP contribution in [0.25, 0.3) is 0 Å². The molecule has 4 amide bonds. The van der Waals surface area contributed by atoms with Crippen LogP contribution in [0.15, 0.2) is 18.2 Å². The van der Waals surface area contributed by atoms with Crippen LogP contribution in [-0.4, -0.2) is 48.9 Å². The highest BCUT2D eigenvalue weighted by Gasteiger charge is 2.22. The van der Waals surface area contributed by atoms with E-state index in [1.165, 1.54) is 31.4 Å². The van der Waals surface area contributed by atoms with Crippen molar-refractivity contribution in [2.75, 3.05) is 31.1 Å². The van der Waals surface area contributed by atoms with E-state index in [1.807, 2.05) is 10.2 Å². The number of primary amides is 1. The van der Waals surface area contributed by atoms with Gasteiger partial charge in [-0.05, 0) is 18.6 Å². The highest BCUT2D eigenvalue weighted by atomic mass is 19.1. The maximum Gasteiger partial charge on any atom is 0.318 e. The van der Waals surface area contributed by atoms with Crippen LogP contribution in [0.5, 0.6) is 0 Å². The molecule has 2 fully saturated rings. The van der Waals surface area contributed by atoms with Crippen molar-refractivity contribution in [3.8, 4) is 0 Å². The second kappa shape index (κ2) is 10.6. The lowest BCUT2D eigenvalue weighted by atomic mass is 10.2. The van der Waals surface area contributed by atoms with E-state index in [0.29, 0.717) is 38.3 Å². The molecule has 9 heteroatoms. The molecule has 1 aromatic rings. The summed E-state index contributed by atoms with van der Waals surface area (Å²) in [5.41, 5.74) is 5.28. The molecule has 3 N–H and O–H groups in total. The fourth-order valence-electron chi connectivity index (χ4n) is 2.69. The Balaban J connectivity index is 0.000000849. The zero-order valence-electron chi connectivity index (χ0n) is 15.8. The predicted octanol–water partition coefficient (Wildman–Crippen LogP) is 2.15. The molecule has 2 aliphatic rings. The summed E-state index contributed by atoms with van der Waals surface area (Å²) >= 11 is 0. The van der Waals surface area contributed by atoms with Crippen molar-refractivity contribution in [1.29, 1.82) is 0 Å². The summed E-state index contributed by atoms with van der Waals surface area (Å²) in [4.78, 5) is 37.4. The summed E-state index contributed by atoms with van der Waals surface area (Å²) in [6.45, 7) is 1.81. The molecule has 1 aromatic carbocycles. The Bertz CT molecular complexity index is 681. The van der Waals surface area contributed by atoms with Crippen molar-refractivity contribution in [2.24, 2.45) is 5.73 Å². The minimum atomic E-state index is -0.916. The first-order valence-electron chi connectivity index (χ1n) is 9.43. The molecule has 1 aliphatic heterocycles. The van der Waals surface area contributed by atoms with Crippen LogP contribution in [0.1, 0.15) is 38.5 Å². The lowest BCUT2D eigenvalue weighted by molar-refractivity contribution is -0.131. The van der Waals surface area contributed by atoms with E-state index >= 15 is 0 Å². The van der Waals surface area contributed by atoms with Crippen LogP contribution >= 0.6 is 0 Å². The average Bonchev–Trinajstić information content (AvgIpc) is 3.49. The first-order chi connectivity index (χ1) is 13.3. The van der Waals surface area contributed by atoms with Crippen LogP contribution in [0.4, 0.5) is 19.3 Å². The van der Waals surface area contributed by atoms with Gasteiger partial charge in [0.1, 0.15) is 11.6 Å². The van der Waals surface area contributed by atoms with Crippen LogP contribution in [0.3, 0.4) is 0 Å². The summed E-state index contributed by atoms with van der Waals surface area (Å²) in [5.74, 6) is -1.89. The molecule has 0 spiro atoms. The van der Waals surface area contributed by atoms with E-state index in [-0.39, 0.29) is 18.7 Å². The first kappa shape index (κ1) is 21.6. The number of anilines is 1. The number of nitrogens with zero attached hydrogens (tertiary/aromatic N) is 2. The molecule has 3 rings (SSSR count). The van der Waals surface area contributed by atoms with E-state index in [1.54, 1.807) is 4.90 Å². The Morgan fingerprint density at radius 1 is 0.929 bits per heavy atom. The van der Waals surface area contributed by atoms with Crippen molar-refractivity contribution in [3.63, 3.8) is 0 Å². The number of halogens is 2. The molecule has 0 atom stereocenters. The summed E-state index contributed by atoms with van der Waals surface area (Å²) in [6, 6.07) is 2.43. The minimum absolute atomic E-state index is 0.0389. The fraction of sp³-hybridized carbons (Fsp3) is 0.526. The summed E-state index contributed by atoms with van der Waals surface area (Å²) < 4.78 is 26.6. The molecule has 0 bridgehead atoms. The van der Waals surface area contributed by atoms with Gasteiger partial charge in [0.15, 0.2) is 0 Å². The molecule has 1 saturated carbocycles. The number of nitrogens with two attached hydrogens (primary N) is 1. The van der Waals surface area contributed by atoms with Gasteiger partial charge in [-0.1, -0.05) is 19.3 Å². The van der Waals surface area contributed by atoms with Crippen molar-refractivity contribution < 1.29 is 23.2 Å². The zero-order chi connectivity index (χ0) is 20.5. The Labute approximate surface area is 162 Å². The van der Waals surface area contributed by atoms with Gasteiger partial charge in [0.05, 0.1) is 0 Å². The Morgan fingerprint density at radius 3 is 2.00 bits per heavy atom. The number of nitrogens with one attached hydrogen (secondary N) is 1. The molecule has 0 unspecified atom stereocenters. The van der Waals surface area contributed by atoms with Crippen molar-refractivity contribution in [2.45, 2.75) is 38.5 Å². The van der Waals surface area contributed by atoms with E-state index in [4.69, 9.17) is 5.73 Å². The zero-order valence-corrected chi connectivity index (χ0v) is 15.8. The van der Waals surface area contributed by atoms with Crippen LogP contribution < -0.4 is 16.0 Å². The summed E-state index contributed by atoms with van der Waals surface area (Å²) in [5, 5.41) is 1.94. The summed E-state index contributed by atoms with van der Waals surface area (Å²) in [7, 11) is 0. The number of urea groups is 1. The fourth-order valence-corrected chi connectivity index (χ4v) is 2.69. The highest BCUT2D eigenvalue weighted by Crippen LogP contribution is 2.20. The summed E-state index contributed by atoms with van der Waals surface area (Å²) in [6.07, 6.45) is 5.03. The molecule has 1 heterocycles. The molecule has 28 heavy (non-hydrogen) atoms. The van der Waals surface area contributed by atoms with Gasteiger partial charge in [-0.15, -0.1) is 0 Å². The van der Waals surface area contributed by atoms with Gasteiger partial charge in [0, 0.05) is 50.8 Å². The van der Waals surface area contributed by atoms with Crippen molar-refractivity contribution in [3.05, 3.63) is 29.8 Å². The molecular weight excluding hydrogens is 370 g/mol. The monoisotopic (exact) mass is 396 g/mol. The highest BCUT2D eigenvalue weighted by molar-refractivity contribution is 5.93. The Morgan fingerprint density at radius 2 is 1.50 bits per heavy atom. The lowest BCUT2D eigenvalue weighted by Crippen LogP contribution is -2.48. The average molecular weight is 396 g/mol. The maximum atomic E-state index is 13.3. The number of hydrogen-bond acceptors (Lipinski definition) is 4. The number of carbonyl (C=O) groups is 3. The number of carbonyl (C=O) groups excluding carboxylic acids is 3. The van der Waals surface area contributed by atoms with Gasteiger partial charge in [0.2, 0.25) is 11.8 Å². The third-order valence-corrected chi connectivity index (χ3v) is 4.26. The van der Waals surface area contributed by atoms with Crippen LogP contribution in [0, 0.1) is 11.6 Å². The van der Waals surface area contributed by atoms with Gasteiger partial charge in [-0.3, -0.25) is 14.9 Å². The van der Waals surface area contributed by atoms with Crippen molar-refractivity contribution >= 4 is 23.5 Å². The lowest BCUT2D eigenvalue weighted by Gasteiger charge is -2.36. The smallest absolute Gasteiger partial charge is 0.318 e.